The van der Waals surface area contributed by atoms with Crippen LogP contribution in [-0.4, -0.2) is 54.1 Å². The van der Waals surface area contributed by atoms with Crippen molar-refractivity contribution in [2.75, 3.05) is 33.3 Å². The highest BCUT2D eigenvalue weighted by molar-refractivity contribution is 8.04. The summed E-state index contributed by atoms with van der Waals surface area (Å²) in [5.41, 5.74) is 15.9. The topological polar surface area (TPSA) is 110 Å². The first-order chi connectivity index (χ1) is 19.0. The summed E-state index contributed by atoms with van der Waals surface area (Å²) >= 11 is 7.40. The number of nitrogens with two attached hydrogens (primary N) is 1. The number of hydrogen-bond donors (Lipinski definition) is 5. The van der Waals surface area contributed by atoms with Crippen molar-refractivity contribution < 1.29 is 9.50 Å². The Morgan fingerprint density at radius 1 is 1.35 bits per heavy atom. The molecule has 10 heteroatoms. The maximum Gasteiger partial charge on any atom is 0.142 e. The molecule has 7 nitrogen and oxygen atoms in total. The number of halogens is 2. The first-order valence-corrected chi connectivity index (χ1v) is 15.0. The van der Waals surface area contributed by atoms with Crippen LogP contribution >= 0.6 is 23.4 Å². The molecule has 0 aliphatic heterocycles. The van der Waals surface area contributed by atoms with Crippen molar-refractivity contribution in [3.63, 3.8) is 0 Å². The Kier molecular flexibility index (Phi) is 14.4. The van der Waals surface area contributed by atoms with Crippen LogP contribution in [0.3, 0.4) is 0 Å². The fraction of sp³-hybridized carbons (Fsp3) is 0.533. The summed E-state index contributed by atoms with van der Waals surface area (Å²) in [5.74, 6) is 0.176. The minimum Gasteiger partial charge on any atom is -0.405 e. The average Bonchev–Trinajstić information content (AvgIpc) is 2.89. The van der Waals surface area contributed by atoms with E-state index in [4.69, 9.17) is 22.9 Å². The maximum absolute atomic E-state index is 14.6. The molecule has 0 heterocycles. The third-order valence-electron chi connectivity index (χ3n) is 6.79. The van der Waals surface area contributed by atoms with Crippen LogP contribution in [0.2, 0.25) is 5.02 Å². The summed E-state index contributed by atoms with van der Waals surface area (Å²) in [6.07, 6.45) is 11.4. The van der Waals surface area contributed by atoms with Crippen molar-refractivity contribution in [1.82, 2.24) is 15.5 Å². The molecular formula is C30H46ClFN6OS. The first-order valence-electron chi connectivity index (χ1n) is 13.8. The standard InChI is InChI=1S/C30H46ClFN6OS/c1-6-14-38(5)15-13-35-25-17-22(18-25)7-9-24(11-12-33)36-28(29(37-34)40-30(3,4)20-39)16-21(2)26-19-23(31)8-10-27(26)32/h8-12,16,19,22,25,34-36,39H,6-7,13-15,17-18,20,33H2,1-5H3/b12-11-,21-16+,24-9+,29-28-,37-34?. The van der Waals surface area contributed by atoms with Gasteiger partial charge in [-0.25, -0.2) is 9.92 Å². The third-order valence-corrected chi connectivity index (χ3v) is 8.21. The van der Waals surface area contributed by atoms with Gasteiger partial charge >= 0.3 is 0 Å². The molecule has 1 fully saturated rings. The van der Waals surface area contributed by atoms with E-state index in [2.05, 4.69) is 40.7 Å². The van der Waals surface area contributed by atoms with Crippen molar-refractivity contribution in [2.24, 2.45) is 16.8 Å². The van der Waals surface area contributed by atoms with E-state index in [1.165, 1.54) is 36.5 Å². The molecule has 0 saturated heterocycles. The first kappa shape index (κ1) is 34.0. The molecule has 1 aromatic carbocycles. The van der Waals surface area contributed by atoms with Gasteiger partial charge in [0.1, 0.15) is 10.8 Å². The van der Waals surface area contributed by atoms with Gasteiger partial charge in [-0.15, -0.1) is 5.11 Å². The molecule has 1 aliphatic carbocycles. The van der Waals surface area contributed by atoms with E-state index >= 15 is 0 Å². The minimum absolute atomic E-state index is 0.104. The van der Waals surface area contributed by atoms with Crippen molar-refractivity contribution in [3.8, 4) is 0 Å². The fourth-order valence-electron chi connectivity index (χ4n) is 4.44. The van der Waals surface area contributed by atoms with Crippen molar-refractivity contribution in [2.45, 2.75) is 64.2 Å². The number of benzene rings is 1. The van der Waals surface area contributed by atoms with Crippen LogP contribution in [0.4, 0.5) is 4.39 Å². The van der Waals surface area contributed by atoms with E-state index in [0.717, 1.165) is 44.6 Å². The third kappa shape index (κ3) is 11.4. The van der Waals surface area contributed by atoms with Gasteiger partial charge in [0.25, 0.3) is 0 Å². The summed E-state index contributed by atoms with van der Waals surface area (Å²) in [4.78, 5) is 2.35. The number of aliphatic hydroxyl groups excluding tert-OH is 1. The fourth-order valence-corrected chi connectivity index (χ4v) is 5.46. The van der Waals surface area contributed by atoms with Gasteiger partial charge in [-0.1, -0.05) is 36.4 Å². The van der Waals surface area contributed by atoms with Crippen LogP contribution in [0.15, 0.2) is 64.2 Å². The van der Waals surface area contributed by atoms with Gasteiger partial charge in [0, 0.05) is 40.2 Å². The Bertz CT molecular complexity index is 1100. The zero-order valence-electron chi connectivity index (χ0n) is 24.4. The molecule has 40 heavy (non-hydrogen) atoms. The summed E-state index contributed by atoms with van der Waals surface area (Å²) in [7, 11) is 2.16. The number of allylic oxidation sites excluding steroid dienone is 4. The van der Waals surface area contributed by atoms with Gasteiger partial charge in [0.2, 0.25) is 0 Å². The Morgan fingerprint density at radius 3 is 2.70 bits per heavy atom. The molecule has 2 rings (SSSR count). The number of thioether (sulfide) groups is 1. The Labute approximate surface area is 248 Å². The summed E-state index contributed by atoms with van der Waals surface area (Å²) in [5, 5.41) is 21.4. The largest absolute Gasteiger partial charge is 0.405 e. The summed E-state index contributed by atoms with van der Waals surface area (Å²) in [6, 6.07) is 4.96. The van der Waals surface area contributed by atoms with Gasteiger partial charge < -0.3 is 26.4 Å². The number of hydrogen-bond acceptors (Lipinski definition) is 8. The second-order valence-electron chi connectivity index (χ2n) is 11.0. The lowest BCUT2D eigenvalue weighted by Gasteiger charge is -2.36. The predicted molar refractivity (Wildman–Crippen MR) is 167 cm³/mol. The quantitative estimate of drug-likeness (QED) is 0.103. The highest BCUT2D eigenvalue weighted by Gasteiger charge is 2.28. The van der Waals surface area contributed by atoms with Gasteiger partial charge in [-0.2, -0.15) is 0 Å². The molecule has 0 aromatic heterocycles. The summed E-state index contributed by atoms with van der Waals surface area (Å²) in [6.45, 7) is 10.8. The van der Waals surface area contributed by atoms with E-state index in [0.29, 0.717) is 38.8 Å². The predicted octanol–water partition coefficient (Wildman–Crippen LogP) is 6.63. The molecule has 0 spiro atoms. The van der Waals surface area contributed by atoms with Crippen LogP contribution in [0.5, 0.6) is 0 Å². The average molecular weight is 593 g/mol. The Hall–Kier alpha value is -2.17. The molecule has 1 aliphatic rings. The Balaban J connectivity index is 2.22. The number of aliphatic hydroxyl groups is 1. The van der Waals surface area contributed by atoms with Crippen molar-refractivity contribution in [1.29, 1.82) is 5.53 Å². The van der Waals surface area contributed by atoms with Crippen LogP contribution in [0.25, 0.3) is 5.57 Å². The van der Waals surface area contributed by atoms with Crippen molar-refractivity contribution in [3.05, 3.63) is 75.5 Å². The lowest BCUT2D eigenvalue weighted by molar-refractivity contribution is 0.215. The van der Waals surface area contributed by atoms with Crippen LogP contribution < -0.4 is 16.4 Å². The molecule has 6 N–H and O–H groups in total. The van der Waals surface area contributed by atoms with E-state index in [1.807, 2.05) is 13.8 Å². The molecule has 0 bridgehead atoms. The zero-order chi connectivity index (χ0) is 29.7. The number of rotatable bonds is 17. The Morgan fingerprint density at radius 2 is 2.08 bits per heavy atom. The monoisotopic (exact) mass is 592 g/mol. The lowest BCUT2D eigenvalue weighted by Crippen LogP contribution is -2.43. The van der Waals surface area contributed by atoms with Gasteiger partial charge in [0.05, 0.1) is 12.3 Å². The molecule has 222 valence electrons. The SMILES string of the molecule is CCCN(C)CCNC1CC(C/C=C(\C=C/N)NC(/C=C(\C)c2cc(Cl)ccc2F)=C(/N=N)SC(C)(C)CO)C1. The second kappa shape index (κ2) is 16.9. The second-order valence-corrected chi connectivity index (χ2v) is 13.1. The summed E-state index contributed by atoms with van der Waals surface area (Å²) < 4.78 is 14.0. The van der Waals surface area contributed by atoms with E-state index in [-0.39, 0.29) is 6.61 Å². The van der Waals surface area contributed by atoms with Crippen molar-refractivity contribution >= 4 is 28.9 Å². The van der Waals surface area contributed by atoms with Crippen LogP contribution in [0.1, 0.15) is 58.9 Å². The molecule has 0 unspecified atom stereocenters. The van der Waals surface area contributed by atoms with Gasteiger partial charge in [0.15, 0.2) is 0 Å². The molecule has 1 saturated carbocycles. The van der Waals surface area contributed by atoms with E-state index in [9.17, 15) is 9.50 Å². The normalized spacial score (nSPS) is 19.1. The van der Waals surface area contributed by atoms with Crippen LogP contribution in [-0.2, 0) is 0 Å². The zero-order valence-corrected chi connectivity index (χ0v) is 26.0. The molecular weight excluding hydrogens is 547 g/mol. The molecule has 1 aromatic rings. The van der Waals surface area contributed by atoms with Crippen LogP contribution in [0, 0.1) is 17.3 Å². The van der Waals surface area contributed by atoms with Gasteiger partial charge in [-0.05, 0) is 108 Å². The number of nitrogens with one attached hydrogen (secondary N) is 3. The van der Waals surface area contributed by atoms with Gasteiger partial charge in [-0.3, -0.25) is 0 Å². The number of nitrogens with zero attached hydrogens (tertiary/aromatic N) is 2. The lowest BCUT2D eigenvalue weighted by atomic mass is 9.78. The highest BCUT2D eigenvalue weighted by Crippen LogP contribution is 2.35. The highest BCUT2D eigenvalue weighted by atomic mass is 35.5. The maximum atomic E-state index is 14.6. The van der Waals surface area contributed by atoms with E-state index in [1.54, 1.807) is 25.1 Å². The number of likely N-dealkylation sites (N-methyl/N-ethyl adjacent to an activating group) is 1. The smallest absolute Gasteiger partial charge is 0.142 e. The van der Waals surface area contributed by atoms with E-state index < -0.39 is 10.6 Å². The molecule has 0 atom stereocenters. The molecule has 0 radical (unpaired) electrons. The molecule has 0 amide bonds. The minimum atomic E-state index is -0.581.